The molecule has 1 atom stereocenters. The van der Waals surface area contributed by atoms with Gasteiger partial charge in [-0.3, -0.25) is 5.10 Å². The van der Waals surface area contributed by atoms with Crippen molar-refractivity contribution in [2.75, 3.05) is 5.32 Å². The molecule has 5 nitrogen and oxygen atoms in total. The summed E-state index contributed by atoms with van der Waals surface area (Å²) in [5.41, 5.74) is 2.70. The van der Waals surface area contributed by atoms with Gasteiger partial charge in [-0.2, -0.15) is 5.10 Å². The lowest BCUT2D eigenvalue weighted by Crippen LogP contribution is -2.21. The molecule has 1 aromatic heterocycles. The third-order valence-electron chi connectivity index (χ3n) is 2.86. The van der Waals surface area contributed by atoms with E-state index in [1.165, 1.54) is 0 Å². The minimum absolute atomic E-state index is 0.551. The molecule has 6 heteroatoms. The SMILES string of the molecule is Cc1n[nH]c(C)c1C(Nc1cccc(Cl)c1)C(=O)O. The van der Waals surface area contributed by atoms with Crippen LogP contribution in [0.3, 0.4) is 0 Å². The molecule has 0 aliphatic heterocycles. The smallest absolute Gasteiger partial charge is 0.330 e. The van der Waals surface area contributed by atoms with Crippen molar-refractivity contribution in [2.45, 2.75) is 19.9 Å². The van der Waals surface area contributed by atoms with Gasteiger partial charge in [0.15, 0.2) is 6.04 Å². The van der Waals surface area contributed by atoms with Gasteiger partial charge in [-0.1, -0.05) is 17.7 Å². The maximum absolute atomic E-state index is 11.5. The second-order valence-corrected chi connectivity index (χ2v) is 4.71. The lowest BCUT2D eigenvalue weighted by molar-refractivity contribution is -0.138. The molecule has 1 unspecified atom stereocenters. The van der Waals surface area contributed by atoms with Crippen molar-refractivity contribution >= 4 is 23.3 Å². The third-order valence-corrected chi connectivity index (χ3v) is 3.09. The number of nitrogens with zero attached hydrogens (tertiary/aromatic N) is 1. The van der Waals surface area contributed by atoms with Gasteiger partial charge in [0.2, 0.25) is 0 Å². The van der Waals surface area contributed by atoms with Gasteiger partial charge in [-0.15, -0.1) is 0 Å². The van der Waals surface area contributed by atoms with Crippen molar-refractivity contribution in [1.82, 2.24) is 10.2 Å². The van der Waals surface area contributed by atoms with Crippen molar-refractivity contribution in [2.24, 2.45) is 0 Å². The number of benzene rings is 1. The Kier molecular flexibility index (Phi) is 3.76. The summed E-state index contributed by atoms with van der Waals surface area (Å²) in [5, 5.41) is 19.7. The zero-order chi connectivity index (χ0) is 14.0. The van der Waals surface area contributed by atoms with Gasteiger partial charge in [-0.05, 0) is 32.0 Å². The van der Waals surface area contributed by atoms with Crippen LogP contribution in [0.2, 0.25) is 5.02 Å². The Bertz CT molecular complexity index is 590. The van der Waals surface area contributed by atoms with E-state index in [2.05, 4.69) is 15.5 Å². The lowest BCUT2D eigenvalue weighted by Gasteiger charge is -2.16. The van der Waals surface area contributed by atoms with E-state index in [4.69, 9.17) is 11.6 Å². The van der Waals surface area contributed by atoms with Crippen LogP contribution in [0.4, 0.5) is 5.69 Å². The van der Waals surface area contributed by atoms with E-state index in [0.29, 0.717) is 22.0 Å². The maximum atomic E-state index is 11.5. The number of carbonyl (C=O) groups is 1. The number of aryl methyl sites for hydroxylation is 2. The molecule has 19 heavy (non-hydrogen) atoms. The second kappa shape index (κ2) is 5.32. The molecule has 1 heterocycles. The summed E-state index contributed by atoms with van der Waals surface area (Å²) in [6.45, 7) is 3.57. The average molecular weight is 280 g/mol. The molecule has 2 aromatic rings. The van der Waals surface area contributed by atoms with Gasteiger partial charge in [0.25, 0.3) is 0 Å². The minimum Gasteiger partial charge on any atom is -0.479 e. The van der Waals surface area contributed by atoms with Gasteiger partial charge in [0.1, 0.15) is 0 Å². The van der Waals surface area contributed by atoms with E-state index in [1.807, 2.05) is 0 Å². The Morgan fingerprint density at radius 2 is 2.21 bits per heavy atom. The molecular formula is C13H14ClN3O2. The second-order valence-electron chi connectivity index (χ2n) is 4.27. The number of nitrogens with one attached hydrogen (secondary N) is 2. The van der Waals surface area contributed by atoms with Crippen LogP contribution in [0.5, 0.6) is 0 Å². The number of halogens is 1. The van der Waals surface area contributed by atoms with Gasteiger partial charge in [0.05, 0.1) is 5.69 Å². The first-order valence-electron chi connectivity index (χ1n) is 5.75. The Morgan fingerprint density at radius 1 is 1.47 bits per heavy atom. The van der Waals surface area contributed by atoms with Crippen LogP contribution >= 0.6 is 11.6 Å². The Hall–Kier alpha value is -2.01. The fourth-order valence-corrected chi connectivity index (χ4v) is 2.18. The highest BCUT2D eigenvalue weighted by molar-refractivity contribution is 6.30. The summed E-state index contributed by atoms with van der Waals surface area (Å²) in [4.78, 5) is 11.5. The Balaban J connectivity index is 2.35. The molecule has 0 radical (unpaired) electrons. The van der Waals surface area contributed by atoms with Gasteiger partial charge in [0, 0.05) is 22.0 Å². The molecule has 0 fully saturated rings. The largest absolute Gasteiger partial charge is 0.479 e. The third kappa shape index (κ3) is 2.88. The van der Waals surface area contributed by atoms with Crippen LogP contribution in [-0.2, 0) is 4.79 Å². The highest BCUT2D eigenvalue weighted by Gasteiger charge is 2.25. The first-order valence-corrected chi connectivity index (χ1v) is 6.13. The highest BCUT2D eigenvalue weighted by Crippen LogP contribution is 2.25. The van der Waals surface area contributed by atoms with Crippen molar-refractivity contribution in [3.05, 3.63) is 46.2 Å². The summed E-state index contributed by atoms with van der Waals surface area (Å²) in [5.74, 6) is -0.965. The molecule has 0 saturated carbocycles. The number of H-pyrrole nitrogens is 1. The number of carboxylic acid groups (broad SMARTS) is 1. The summed E-state index contributed by atoms with van der Waals surface area (Å²) in [7, 11) is 0. The molecule has 0 spiro atoms. The first-order chi connectivity index (χ1) is 8.99. The number of aliphatic carboxylic acids is 1. The van der Waals surface area contributed by atoms with Crippen molar-refractivity contribution in [3.8, 4) is 0 Å². The number of carboxylic acids is 1. The molecule has 0 amide bonds. The predicted octanol–water partition coefficient (Wildman–Crippen LogP) is 2.92. The Labute approximate surface area is 115 Å². The van der Waals surface area contributed by atoms with Crippen molar-refractivity contribution in [3.63, 3.8) is 0 Å². The van der Waals surface area contributed by atoms with Crippen LogP contribution in [-0.4, -0.2) is 21.3 Å². The standard InChI is InChI=1S/C13H14ClN3O2/c1-7-11(8(2)17-16-7)12(13(18)19)15-10-5-3-4-9(14)6-10/h3-6,12,15H,1-2H3,(H,16,17)(H,18,19). The molecule has 0 aliphatic carbocycles. The number of hydrogen-bond donors (Lipinski definition) is 3. The maximum Gasteiger partial charge on any atom is 0.330 e. The number of hydrogen-bond acceptors (Lipinski definition) is 3. The summed E-state index contributed by atoms with van der Waals surface area (Å²) in [6, 6.07) is 6.09. The zero-order valence-electron chi connectivity index (χ0n) is 10.6. The van der Waals surface area contributed by atoms with Crippen molar-refractivity contribution < 1.29 is 9.90 Å². The van der Waals surface area contributed by atoms with E-state index < -0.39 is 12.0 Å². The topological polar surface area (TPSA) is 78.0 Å². The monoisotopic (exact) mass is 279 g/mol. The number of aromatic nitrogens is 2. The molecule has 0 saturated heterocycles. The van der Waals surface area contributed by atoms with Crippen LogP contribution in [0.25, 0.3) is 0 Å². The van der Waals surface area contributed by atoms with Crippen LogP contribution in [0.1, 0.15) is 23.0 Å². The molecular weight excluding hydrogens is 266 g/mol. The quantitative estimate of drug-likeness (QED) is 0.804. The summed E-state index contributed by atoms with van der Waals surface area (Å²) >= 11 is 5.89. The fraction of sp³-hybridized carbons (Fsp3) is 0.231. The van der Waals surface area contributed by atoms with Crippen LogP contribution in [0.15, 0.2) is 24.3 Å². The summed E-state index contributed by atoms with van der Waals surface area (Å²) in [6.07, 6.45) is 0. The van der Waals surface area contributed by atoms with E-state index in [1.54, 1.807) is 38.1 Å². The lowest BCUT2D eigenvalue weighted by atomic mass is 10.0. The molecule has 100 valence electrons. The van der Waals surface area contributed by atoms with Gasteiger partial charge < -0.3 is 10.4 Å². The van der Waals surface area contributed by atoms with E-state index in [0.717, 1.165) is 5.69 Å². The van der Waals surface area contributed by atoms with E-state index in [9.17, 15) is 9.90 Å². The van der Waals surface area contributed by atoms with E-state index in [-0.39, 0.29) is 0 Å². The zero-order valence-corrected chi connectivity index (χ0v) is 11.3. The predicted molar refractivity (Wildman–Crippen MR) is 73.5 cm³/mol. The van der Waals surface area contributed by atoms with Crippen molar-refractivity contribution in [1.29, 1.82) is 0 Å². The highest BCUT2D eigenvalue weighted by atomic mass is 35.5. The molecule has 2 rings (SSSR count). The van der Waals surface area contributed by atoms with Crippen LogP contribution < -0.4 is 5.32 Å². The van der Waals surface area contributed by atoms with Gasteiger partial charge >= 0.3 is 5.97 Å². The summed E-state index contributed by atoms with van der Waals surface area (Å²) < 4.78 is 0. The Morgan fingerprint density at radius 3 is 2.74 bits per heavy atom. The van der Waals surface area contributed by atoms with Crippen LogP contribution in [0, 0.1) is 13.8 Å². The normalized spacial score (nSPS) is 12.2. The molecule has 0 bridgehead atoms. The number of aromatic amines is 1. The fourth-order valence-electron chi connectivity index (χ4n) is 1.99. The molecule has 0 aliphatic rings. The molecule has 1 aromatic carbocycles. The molecule has 3 N–H and O–H groups in total. The number of rotatable bonds is 4. The van der Waals surface area contributed by atoms with E-state index >= 15 is 0 Å². The first kappa shape index (κ1) is 13.4. The van der Waals surface area contributed by atoms with Gasteiger partial charge in [-0.25, -0.2) is 4.79 Å². The minimum atomic E-state index is -0.965. The average Bonchev–Trinajstić information content (AvgIpc) is 2.66. The number of anilines is 1.